The molecule has 3 N–H and O–H groups in total. The average molecular weight is 319 g/mol. The topological polar surface area (TPSA) is 85.8 Å². The van der Waals surface area contributed by atoms with Gasteiger partial charge in [0.2, 0.25) is 11.1 Å². The summed E-state index contributed by atoms with van der Waals surface area (Å²) in [5, 5.41) is 11.2. The number of nitrogen functional groups attached to an aromatic ring is 1. The molecule has 0 aliphatic heterocycles. The van der Waals surface area contributed by atoms with Gasteiger partial charge in [-0.2, -0.15) is 0 Å². The number of hydrogen-bond acceptors (Lipinski definition) is 5. The molecular weight excluding hydrogens is 298 g/mol. The first-order chi connectivity index (χ1) is 10.4. The number of para-hydroxylation sites is 1. The van der Waals surface area contributed by atoms with Gasteiger partial charge in [0, 0.05) is 11.6 Å². The van der Waals surface area contributed by atoms with Crippen molar-refractivity contribution >= 4 is 23.4 Å². The summed E-state index contributed by atoms with van der Waals surface area (Å²) in [5.74, 6) is 6.77. The van der Waals surface area contributed by atoms with Gasteiger partial charge in [-0.25, -0.2) is 4.68 Å². The number of amides is 1. The predicted octanol–water partition coefficient (Wildman–Crippen LogP) is 2.54. The molecule has 0 saturated heterocycles. The summed E-state index contributed by atoms with van der Waals surface area (Å²) in [5.41, 5.74) is 1.84. The van der Waals surface area contributed by atoms with E-state index in [9.17, 15) is 4.79 Å². The van der Waals surface area contributed by atoms with Crippen LogP contribution >= 0.6 is 11.8 Å². The molecule has 22 heavy (non-hydrogen) atoms. The molecule has 1 heterocycles. The summed E-state index contributed by atoms with van der Waals surface area (Å²) in [4.78, 5) is 12.3. The van der Waals surface area contributed by atoms with Gasteiger partial charge in [0.1, 0.15) is 0 Å². The Hall–Kier alpha value is -2.02. The Morgan fingerprint density at radius 2 is 1.95 bits per heavy atom. The van der Waals surface area contributed by atoms with E-state index in [0.29, 0.717) is 11.0 Å². The highest BCUT2D eigenvalue weighted by atomic mass is 32.2. The van der Waals surface area contributed by atoms with Crippen molar-refractivity contribution in [2.45, 2.75) is 44.0 Å². The van der Waals surface area contributed by atoms with E-state index < -0.39 is 0 Å². The first kappa shape index (κ1) is 16.4. The van der Waals surface area contributed by atoms with E-state index in [4.69, 9.17) is 5.84 Å². The van der Waals surface area contributed by atoms with Crippen LogP contribution in [0, 0.1) is 6.92 Å². The zero-order chi connectivity index (χ0) is 16.3. The first-order valence-corrected chi connectivity index (χ1v) is 8.01. The molecule has 2 rings (SSSR count). The third-order valence-corrected chi connectivity index (χ3v) is 4.32. The average Bonchev–Trinajstić information content (AvgIpc) is 2.82. The van der Waals surface area contributed by atoms with E-state index in [1.165, 1.54) is 16.4 Å². The molecule has 0 aliphatic carbocycles. The molecule has 1 amide bonds. The van der Waals surface area contributed by atoms with Gasteiger partial charge in [0.05, 0.1) is 5.25 Å². The second-order valence-electron chi connectivity index (χ2n) is 5.43. The fourth-order valence-corrected chi connectivity index (χ4v) is 2.70. The van der Waals surface area contributed by atoms with Gasteiger partial charge in [-0.15, -0.1) is 10.2 Å². The fraction of sp³-hybridized carbons (Fsp3) is 0.400. The Kier molecular flexibility index (Phi) is 5.07. The normalized spacial score (nSPS) is 12.4. The number of aromatic nitrogens is 3. The summed E-state index contributed by atoms with van der Waals surface area (Å²) in [6.07, 6.45) is 0. The Morgan fingerprint density at radius 3 is 2.55 bits per heavy atom. The van der Waals surface area contributed by atoms with E-state index in [1.54, 1.807) is 0 Å². The van der Waals surface area contributed by atoms with Gasteiger partial charge in [0.25, 0.3) is 0 Å². The van der Waals surface area contributed by atoms with Crippen molar-refractivity contribution in [1.82, 2.24) is 14.9 Å². The van der Waals surface area contributed by atoms with Gasteiger partial charge >= 0.3 is 0 Å². The first-order valence-electron chi connectivity index (χ1n) is 7.13. The number of nitrogens with one attached hydrogen (secondary N) is 1. The standard InChI is InChI=1S/C15H21N5OS/c1-9(2)13-18-19-15(20(13)16)22-11(4)14(21)17-12-8-6-5-7-10(12)3/h5-9,11H,16H2,1-4H3,(H,17,21)/t11-/m0/s1. The summed E-state index contributed by atoms with van der Waals surface area (Å²) in [6.45, 7) is 7.77. The molecule has 0 radical (unpaired) electrons. The lowest BCUT2D eigenvalue weighted by molar-refractivity contribution is -0.115. The van der Waals surface area contributed by atoms with E-state index in [2.05, 4.69) is 15.5 Å². The van der Waals surface area contributed by atoms with Crippen LogP contribution in [0.4, 0.5) is 5.69 Å². The lowest BCUT2D eigenvalue weighted by Gasteiger charge is -2.13. The number of thioether (sulfide) groups is 1. The lowest BCUT2D eigenvalue weighted by Crippen LogP contribution is -2.24. The molecule has 2 aromatic rings. The number of rotatable bonds is 5. The second kappa shape index (κ2) is 6.83. The minimum atomic E-state index is -0.328. The molecule has 6 nitrogen and oxygen atoms in total. The number of nitrogens with two attached hydrogens (primary N) is 1. The van der Waals surface area contributed by atoms with Crippen molar-refractivity contribution in [2.75, 3.05) is 11.2 Å². The van der Waals surface area contributed by atoms with Crippen LogP contribution in [0.15, 0.2) is 29.4 Å². The summed E-state index contributed by atoms with van der Waals surface area (Å²) < 4.78 is 1.45. The fourth-order valence-electron chi connectivity index (χ4n) is 1.92. The molecule has 118 valence electrons. The van der Waals surface area contributed by atoms with Gasteiger partial charge in [-0.05, 0) is 25.5 Å². The van der Waals surface area contributed by atoms with Crippen molar-refractivity contribution < 1.29 is 4.79 Å². The van der Waals surface area contributed by atoms with Crippen LogP contribution in [-0.4, -0.2) is 26.0 Å². The number of carbonyl (C=O) groups excluding carboxylic acids is 1. The number of anilines is 1. The van der Waals surface area contributed by atoms with Crippen LogP contribution in [0.3, 0.4) is 0 Å². The maximum Gasteiger partial charge on any atom is 0.237 e. The van der Waals surface area contributed by atoms with Gasteiger partial charge in [-0.1, -0.05) is 43.8 Å². The summed E-state index contributed by atoms with van der Waals surface area (Å²) >= 11 is 1.29. The SMILES string of the molecule is Cc1ccccc1NC(=O)[C@H](C)Sc1nnc(C(C)C)n1N. The smallest absolute Gasteiger partial charge is 0.237 e. The third-order valence-electron chi connectivity index (χ3n) is 3.26. The van der Waals surface area contributed by atoms with E-state index in [-0.39, 0.29) is 17.1 Å². The van der Waals surface area contributed by atoms with E-state index in [1.807, 2.05) is 52.0 Å². The number of hydrogen-bond donors (Lipinski definition) is 2. The molecule has 0 fully saturated rings. The van der Waals surface area contributed by atoms with Crippen molar-refractivity contribution in [3.63, 3.8) is 0 Å². The maximum atomic E-state index is 12.3. The number of benzene rings is 1. The van der Waals surface area contributed by atoms with Crippen molar-refractivity contribution in [3.05, 3.63) is 35.7 Å². The number of carbonyl (C=O) groups is 1. The molecule has 1 aromatic heterocycles. The predicted molar refractivity (Wildman–Crippen MR) is 89.4 cm³/mol. The molecule has 0 unspecified atom stereocenters. The molecule has 0 spiro atoms. The number of aryl methyl sites for hydroxylation is 1. The van der Waals surface area contributed by atoms with Crippen LogP contribution in [0.5, 0.6) is 0 Å². The van der Waals surface area contributed by atoms with Gasteiger partial charge in [-0.3, -0.25) is 4.79 Å². The molecule has 0 bridgehead atoms. The lowest BCUT2D eigenvalue weighted by atomic mass is 10.2. The highest BCUT2D eigenvalue weighted by Crippen LogP contribution is 2.24. The van der Waals surface area contributed by atoms with Crippen LogP contribution in [0.25, 0.3) is 0 Å². The van der Waals surface area contributed by atoms with Gasteiger partial charge < -0.3 is 11.2 Å². The van der Waals surface area contributed by atoms with Crippen LogP contribution in [0.2, 0.25) is 0 Å². The van der Waals surface area contributed by atoms with Crippen molar-refractivity contribution in [1.29, 1.82) is 0 Å². The molecular formula is C15H21N5OS. The largest absolute Gasteiger partial charge is 0.336 e. The molecule has 1 aromatic carbocycles. The molecule has 0 saturated carbocycles. The molecule has 7 heteroatoms. The minimum absolute atomic E-state index is 0.0894. The zero-order valence-electron chi connectivity index (χ0n) is 13.2. The van der Waals surface area contributed by atoms with E-state index in [0.717, 1.165) is 11.3 Å². The summed E-state index contributed by atoms with van der Waals surface area (Å²) in [6, 6.07) is 7.67. The Balaban J connectivity index is 2.04. The zero-order valence-corrected chi connectivity index (χ0v) is 14.0. The monoisotopic (exact) mass is 319 g/mol. The highest BCUT2D eigenvalue weighted by Gasteiger charge is 2.20. The van der Waals surface area contributed by atoms with Crippen LogP contribution in [0.1, 0.15) is 38.1 Å². The third kappa shape index (κ3) is 3.59. The minimum Gasteiger partial charge on any atom is -0.336 e. The summed E-state index contributed by atoms with van der Waals surface area (Å²) in [7, 11) is 0. The Bertz CT molecular complexity index is 668. The second-order valence-corrected chi connectivity index (χ2v) is 6.74. The van der Waals surface area contributed by atoms with E-state index >= 15 is 0 Å². The Labute approximate surface area is 134 Å². The maximum absolute atomic E-state index is 12.3. The number of nitrogens with zero attached hydrogens (tertiary/aromatic N) is 3. The van der Waals surface area contributed by atoms with Gasteiger partial charge in [0.15, 0.2) is 5.82 Å². The van der Waals surface area contributed by atoms with Crippen molar-refractivity contribution in [2.24, 2.45) is 0 Å². The quantitative estimate of drug-likeness (QED) is 0.653. The van der Waals surface area contributed by atoms with Crippen LogP contribution < -0.4 is 11.2 Å². The highest BCUT2D eigenvalue weighted by molar-refractivity contribution is 8.00. The van der Waals surface area contributed by atoms with Crippen LogP contribution in [-0.2, 0) is 4.79 Å². The van der Waals surface area contributed by atoms with Crippen molar-refractivity contribution in [3.8, 4) is 0 Å². The molecule has 0 aliphatic rings. The Morgan fingerprint density at radius 1 is 1.27 bits per heavy atom. The molecule has 1 atom stereocenters.